The summed E-state index contributed by atoms with van der Waals surface area (Å²) in [4.78, 5) is 26.9. The summed E-state index contributed by atoms with van der Waals surface area (Å²) in [6.45, 7) is 5.23. The van der Waals surface area contributed by atoms with Crippen LogP contribution in [0.5, 0.6) is 0 Å². The van der Waals surface area contributed by atoms with Gasteiger partial charge in [-0.05, 0) is 48.2 Å². The summed E-state index contributed by atoms with van der Waals surface area (Å²) >= 11 is 0. The Balaban J connectivity index is 1.80. The first kappa shape index (κ1) is 23.0. The molecule has 3 aromatic rings. The van der Waals surface area contributed by atoms with Crippen LogP contribution in [0.4, 0.5) is 5.69 Å². The fourth-order valence-corrected chi connectivity index (χ4v) is 3.42. The van der Waals surface area contributed by atoms with E-state index in [-0.39, 0.29) is 11.8 Å². The van der Waals surface area contributed by atoms with Crippen molar-refractivity contribution in [1.82, 2.24) is 5.32 Å². The Morgan fingerprint density at radius 1 is 0.906 bits per heavy atom. The number of carbonyl (C=O) groups is 2. The molecule has 0 aliphatic carbocycles. The van der Waals surface area contributed by atoms with E-state index in [4.69, 9.17) is 0 Å². The third-order valence-corrected chi connectivity index (χ3v) is 5.09. The Bertz CT molecular complexity index is 1060. The first-order chi connectivity index (χ1) is 15.5. The third-order valence-electron chi connectivity index (χ3n) is 5.09. The Hall–Kier alpha value is -3.66. The lowest BCUT2D eigenvalue weighted by molar-refractivity contribution is -0.120. The van der Waals surface area contributed by atoms with Crippen molar-refractivity contribution in [1.29, 1.82) is 0 Å². The number of anilines is 1. The summed E-state index contributed by atoms with van der Waals surface area (Å²) in [5, 5.41) is 2.89. The molecule has 0 aliphatic heterocycles. The minimum absolute atomic E-state index is 0.0121. The second-order valence-electron chi connectivity index (χ2n) is 7.85. The number of hydrogen-bond donors (Lipinski definition) is 1. The molecule has 0 spiro atoms. The van der Waals surface area contributed by atoms with Crippen LogP contribution in [-0.2, 0) is 22.6 Å². The van der Waals surface area contributed by atoms with Gasteiger partial charge in [-0.3, -0.25) is 9.59 Å². The predicted octanol–water partition coefficient (Wildman–Crippen LogP) is 5.31. The van der Waals surface area contributed by atoms with Crippen LogP contribution in [0.15, 0.2) is 84.9 Å². The number of nitrogens with one attached hydrogen (secondary N) is 1. The van der Waals surface area contributed by atoms with Gasteiger partial charge < -0.3 is 10.2 Å². The lowest BCUT2D eigenvalue weighted by atomic mass is 10.1. The van der Waals surface area contributed by atoms with Crippen LogP contribution < -0.4 is 10.2 Å². The van der Waals surface area contributed by atoms with Gasteiger partial charge >= 0.3 is 0 Å². The molecule has 3 rings (SSSR count). The zero-order valence-corrected chi connectivity index (χ0v) is 18.8. The van der Waals surface area contributed by atoms with Crippen molar-refractivity contribution in [2.75, 3.05) is 11.4 Å². The highest BCUT2D eigenvalue weighted by molar-refractivity contribution is 6.03. The molecule has 0 atom stereocenters. The molecule has 1 N–H and O–H groups in total. The molecule has 32 heavy (non-hydrogen) atoms. The molecular weight excluding hydrogens is 396 g/mol. The molecule has 164 valence electrons. The van der Waals surface area contributed by atoms with Crippen LogP contribution >= 0.6 is 0 Å². The first-order valence-electron chi connectivity index (χ1n) is 11.0. The van der Waals surface area contributed by atoms with Gasteiger partial charge in [0, 0.05) is 18.3 Å². The molecule has 3 aromatic carbocycles. The van der Waals surface area contributed by atoms with E-state index in [2.05, 4.69) is 11.4 Å². The molecule has 0 fully saturated rings. The van der Waals surface area contributed by atoms with Crippen LogP contribution in [0.1, 0.15) is 35.6 Å². The Morgan fingerprint density at radius 2 is 1.66 bits per heavy atom. The quantitative estimate of drug-likeness (QED) is 0.472. The van der Waals surface area contributed by atoms with Crippen molar-refractivity contribution >= 4 is 23.6 Å². The van der Waals surface area contributed by atoms with Crippen LogP contribution in [0, 0.1) is 6.92 Å². The van der Waals surface area contributed by atoms with Crippen molar-refractivity contribution in [2.45, 2.75) is 33.2 Å². The molecule has 0 aliphatic rings. The first-order valence-corrected chi connectivity index (χ1v) is 11.0. The molecule has 4 nitrogen and oxygen atoms in total. The topological polar surface area (TPSA) is 49.4 Å². The van der Waals surface area contributed by atoms with Gasteiger partial charge in [-0.25, -0.2) is 0 Å². The van der Waals surface area contributed by atoms with Crippen LogP contribution in [0.2, 0.25) is 0 Å². The number of rotatable bonds is 9. The SMILES string of the molecule is CCCNC(=O)Cc1ccc(N(Cc2cccc(C)c2)C(=O)/C=C/c2ccccc2)cc1. The maximum Gasteiger partial charge on any atom is 0.251 e. The lowest BCUT2D eigenvalue weighted by Crippen LogP contribution is -2.29. The van der Waals surface area contributed by atoms with E-state index in [9.17, 15) is 9.59 Å². The van der Waals surface area contributed by atoms with E-state index in [1.807, 2.05) is 92.7 Å². The molecule has 4 heteroatoms. The number of nitrogens with zero attached hydrogens (tertiary/aromatic N) is 1. The zero-order chi connectivity index (χ0) is 22.8. The molecule has 0 saturated carbocycles. The molecule has 0 aromatic heterocycles. The van der Waals surface area contributed by atoms with Crippen LogP contribution in [0.25, 0.3) is 6.08 Å². The van der Waals surface area contributed by atoms with E-state index >= 15 is 0 Å². The second-order valence-corrected chi connectivity index (χ2v) is 7.85. The van der Waals surface area contributed by atoms with Gasteiger partial charge in [0.1, 0.15) is 0 Å². The minimum atomic E-state index is -0.0937. The summed E-state index contributed by atoms with van der Waals surface area (Å²) < 4.78 is 0. The monoisotopic (exact) mass is 426 g/mol. The minimum Gasteiger partial charge on any atom is -0.356 e. The van der Waals surface area contributed by atoms with Crippen molar-refractivity contribution < 1.29 is 9.59 Å². The fourth-order valence-electron chi connectivity index (χ4n) is 3.42. The smallest absolute Gasteiger partial charge is 0.251 e. The summed E-state index contributed by atoms with van der Waals surface area (Å²) in [6, 6.07) is 25.6. The van der Waals surface area contributed by atoms with Gasteiger partial charge in [-0.2, -0.15) is 0 Å². The Labute approximate surface area is 190 Å². The van der Waals surface area contributed by atoms with Crippen molar-refractivity contribution in [3.8, 4) is 0 Å². The van der Waals surface area contributed by atoms with Gasteiger partial charge in [0.25, 0.3) is 5.91 Å². The highest BCUT2D eigenvalue weighted by Crippen LogP contribution is 2.20. The van der Waals surface area contributed by atoms with Crippen molar-refractivity contribution in [3.63, 3.8) is 0 Å². The Morgan fingerprint density at radius 3 is 2.34 bits per heavy atom. The number of aryl methyl sites for hydroxylation is 1. The molecule has 2 amide bonds. The molecular formula is C28H30N2O2. The molecule has 0 unspecified atom stereocenters. The van der Waals surface area contributed by atoms with E-state index in [1.54, 1.807) is 11.0 Å². The fraction of sp³-hybridized carbons (Fsp3) is 0.214. The zero-order valence-electron chi connectivity index (χ0n) is 18.8. The number of benzene rings is 3. The number of hydrogen-bond acceptors (Lipinski definition) is 2. The molecule has 0 radical (unpaired) electrons. The largest absolute Gasteiger partial charge is 0.356 e. The van der Waals surface area contributed by atoms with Gasteiger partial charge in [-0.1, -0.05) is 79.2 Å². The average molecular weight is 427 g/mol. The maximum absolute atomic E-state index is 13.2. The van der Waals surface area contributed by atoms with Crippen LogP contribution in [0.3, 0.4) is 0 Å². The van der Waals surface area contributed by atoms with E-state index in [0.29, 0.717) is 19.5 Å². The highest BCUT2D eigenvalue weighted by atomic mass is 16.2. The second kappa shape index (κ2) is 11.7. The van der Waals surface area contributed by atoms with E-state index < -0.39 is 0 Å². The molecule has 0 heterocycles. The number of carbonyl (C=O) groups excluding carboxylic acids is 2. The third kappa shape index (κ3) is 6.95. The lowest BCUT2D eigenvalue weighted by Gasteiger charge is -2.22. The highest BCUT2D eigenvalue weighted by Gasteiger charge is 2.15. The summed E-state index contributed by atoms with van der Waals surface area (Å²) in [5.41, 5.74) is 4.92. The Kier molecular flexibility index (Phi) is 8.38. The van der Waals surface area contributed by atoms with E-state index in [1.165, 1.54) is 0 Å². The molecule has 0 bridgehead atoms. The van der Waals surface area contributed by atoms with Gasteiger partial charge in [0.05, 0.1) is 13.0 Å². The summed E-state index contributed by atoms with van der Waals surface area (Å²) in [6.07, 6.45) is 4.69. The predicted molar refractivity (Wildman–Crippen MR) is 131 cm³/mol. The van der Waals surface area contributed by atoms with Gasteiger partial charge in [0.15, 0.2) is 0 Å². The van der Waals surface area contributed by atoms with Crippen molar-refractivity contribution in [3.05, 3.63) is 107 Å². The van der Waals surface area contributed by atoms with E-state index in [0.717, 1.165) is 34.4 Å². The van der Waals surface area contributed by atoms with Crippen LogP contribution in [-0.4, -0.2) is 18.4 Å². The maximum atomic E-state index is 13.2. The van der Waals surface area contributed by atoms with Gasteiger partial charge in [-0.15, -0.1) is 0 Å². The standard InChI is InChI=1S/C28H30N2O2/c1-3-18-29-27(31)20-24-12-15-26(16-13-24)30(21-25-11-7-8-22(2)19-25)28(32)17-14-23-9-5-4-6-10-23/h4-17,19H,3,18,20-21H2,1-2H3,(H,29,31)/b17-14+. The van der Waals surface area contributed by atoms with Crippen molar-refractivity contribution in [2.24, 2.45) is 0 Å². The summed E-state index contributed by atoms with van der Waals surface area (Å²) in [7, 11) is 0. The normalized spacial score (nSPS) is 10.8. The van der Waals surface area contributed by atoms with Gasteiger partial charge in [0.2, 0.25) is 5.91 Å². The summed E-state index contributed by atoms with van der Waals surface area (Å²) in [5.74, 6) is -0.0816. The average Bonchev–Trinajstić information content (AvgIpc) is 2.81. The number of amides is 2. The molecule has 0 saturated heterocycles.